The Balaban J connectivity index is 1.49. The summed E-state index contributed by atoms with van der Waals surface area (Å²) < 4.78 is 1.65. The highest BCUT2D eigenvalue weighted by Gasteiger charge is 2.23. The van der Waals surface area contributed by atoms with Gasteiger partial charge in [0.15, 0.2) is 0 Å². The third-order valence-electron chi connectivity index (χ3n) is 3.99. The van der Waals surface area contributed by atoms with Gasteiger partial charge in [-0.1, -0.05) is 12.1 Å². The fraction of sp³-hybridized carbons (Fsp3) is 0.211. The van der Waals surface area contributed by atoms with Crippen molar-refractivity contribution in [2.45, 2.75) is 18.9 Å². The number of hydrogen-bond acceptors (Lipinski definition) is 3. The summed E-state index contributed by atoms with van der Waals surface area (Å²) >= 11 is 0. The standard InChI is InChI=1S/C19H20N4O3/c1-23-12-2-3-16(23)19(26)22-21-17(24)11-6-13-4-7-14(8-5-13)18(25)20-15-9-10-15/h2-8,11-12,15H,9-10H2,1H3,(H,20,25)(H,21,24)(H,22,26)/b11-6+. The molecular formula is C19H20N4O3. The Bertz CT molecular complexity index is 848. The Morgan fingerprint density at radius 3 is 2.38 bits per heavy atom. The van der Waals surface area contributed by atoms with Crippen molar-refractivity contribution < 1.29 is 14.4 Å². The van der Waals surface area contributed by atoms with Gasteiger partial charge >= 0.3 is 0 Å². The fourth-order valence-electron chi connectivity index (χ4n) is 2.33. The van der Waals surface area contributed by atoms with Crippen molar-refractivity contribution in [2.24, 2.45) is 7.05 Å². The van der Waals surface area contributed by atoms with E-state index in [2.05, 4.69) is 16.2 Å². The van der Waals surface area contributed by atoms with Gasteiger partial charge < -0.3 is 9.88 Å². The molecular weight excluding hydrogens is 332 g/mol. The number of aryl methyl sites for hydroxylation is 1. The fourth-order valence-corrected chi connectivity index (χ4v) is 2.33. The van der Waals surface area contributed by atoms with E-state index in [0.29, 0.717) is 17.3 Å². The monoisotopic (exact) mass is 352 g/mol. The van der Waals surface area contributed by atoms with Crippen molar-refractivity contribution >= 4 is 23.8 Å². The zero-order chi connectivity index (χ0) is 18.5. The van der Waals surface area contributed by atoms with E-state index >= 15 is 0 Å². The third kappa shape index (κ3) is 4.60. The number of carbonyl (C=O) groups excluding carboxylic acids is 3. The number of benzene rings is 1. The van der Waals surface area contributed by atoms with Crippen LogP contribution in [0.25, 0.3) is 6.08 Å². The number of nitrogens with zero attached hydrogens (tertiary/aromatic N) is 1. The van der Waals surface area contributed by atoms with Crippen molar-refractivity contribution in [3.05, 3.63) is 65.5 Å². The van der Waals surface area contributed by atoms with Gasteiger partial charge in [-0.15, -0.1) is 0 Å². The van der Waals surface area contributed by atoms with Gasteiger partial charge in [0.05, 0.1) is 0 Å². The quantitative estimate of drug-likeness (QED) is 0.561. The molecule has 26 heavy (non-hydrogen) atoms. The highest BCUT2D eigenvalue weighted by Crippen LogP contribution is 2.19. The highest BCUT2D eigenvalue weighted by atomic mass is 16.2. The number of aromatic nitrogens is 1. The van der Waals surface area contributed by atoms with Gasteiger partial charge in [-0.05, 0) is 48.7 Å². The van der Waals surface area contributed by atoms with Gasteiger partial charge in [0.1, 0.15) is 5.69 Å². The Hall–Kier alpha value is -3.35. The molecule has 0 spiro atoms. The molecule has 0 aliphatic heterocycles. The molecule has 3 amide bonds. The third-order valence-corrected chi connectivity index (χ3v) is 3.99. The topological polar surface area (TPSA) is 92.2 Å². The van der Waals surface area contributed by atoms with Crippen LogP contribution in [0.4, 0.5) is 0 Å². The normalized spacial score (nSPS) is 13.4. The molecule has 1 aliphatic carbocycles. The number of carbonyl (C=O) groups is 3. The molecule has 0 atom stereocenters. The zero-order valence-corrected chi connectivity index (χ0v) is 14.4. The zero-order valence-electron chi connectivity index (χ0n) is 14.4. The molecule has 1 aliphatic rings. The molecule has 0 bridgehead atoms. The molecule has 1 aromatic heterocycles. The van der Waals surface area contributed by atoms with Crippen molar-refractivity contribution in [3.63, 3.8) is 0 Å². The van der Waals surface area contributed by atoms with Crippen LogP contribution in [0.1, 0.15) is 39.3 Å². The van der Waals surface area contributed by atoms with E-state index < -0.39 is 11.8 Å². The summed E-state index contributed by atoms with van der Waals surface area (Å²) in [6.07, 6.45) is 6.74. The van der Waals surface area contributed by atoms with Crippen molar-refractivity contribution in [2.75, 3.05) is 0 Å². The number of nitrogens with one attached hydrogen (secondary N) is 3. The maximum Gasteiger partial charge on any atom is 0.286 e. The lowest BCUT2D eigenvalue weighted by molar-refractivity contribution is -0.117. The molecule has 1 aromatic carbocycles. The lowest BCUT2D eigenvalue weighted by atomic mass is 10.1. The minimum Gasteiger partial charge on any atom is -0.349 e. The molecule has 1 heterocycles. The van der Waals surface area contributed by atoms with Crippen LogP contribution in [0.5, 0.6) is 0 Å². The van der Waals surface area contributed by atoms with E-state index in [4.69, 9.17) is 0 Å². The SMILES string of the molecule is Cn1cccc1C(=O)NNC(=O)/C=C/c1ccc(C(=O)NC2CC2)cc1. The maximum absolute atomic E-state index is 11.9. The smallest absolute Gasteiger partial charge is 0.286 e. The first-order chi connectivity index (χ1) is 12.5. The van der Waals surface area contributed by atoms with Crippen LogP contribution in [0.3, 0.4) is 0 Å². The van der Waals surface area contributed by atoms with Gasteiger partial charge in [-0.25, -0.2) is 0 Å². The molecule has 7 heteroatoms. The van der Waals surface area contributed by atoms with Gasteiger partial charge in [0.2, 0.25) is 0 Å². The molecule has 0 saturated heterocycles. The van der Waals surface area contributed by atoms with E-state index in [1.54, 1.807) is 60.3 Å². The Labute approximate surface area is 151 Å². The van der Waals surface area contributed by atoms with E-state index in [1.807, 2.05) is 0 Å². The molecule has 1 fully saturated rings. The highest BCUT2D eigenvalue weighted by molar-refractivity contribution is 5.97. The Kier molecular flexibility index (Phi) is 5.17. The van der Waals surface area contributed by atoms with E-state index in [1.165, 1.54) is 6.08 Å². The van der Waals surface area contributed by atoms with Crippen LogP contribution in [0.2, 0.25) is 0 Å². The number of rotatable bonds is 5. The van der Waals surface area contributed by atoms with Crippen molar-refractivity contribution in [1.82, 2.24) is 20.7 Å². The van der Waals surface area contributed by atoms with Gasteiger partial charge in [-0.3, -0.25) is 25.2 Å². The molecule has 3 rings (SSSR count). The Morgan fingerprint density at radius 2 is 1.77 bits per heavy atom. The summed E-state index contributed by atoms with van der Waals surface area (Å²) in [7, 11) is 1.74. The first kappa shape index (κ1) is 17.5. The summed E-state index contributed by atoms with van der Waals surface area (Å²) in [5.41, 5.74) is 6.48. The van der Waals surface area contributed by atoms with Crippen molar-refractivity contribution in [3.8, 4) is 0 Å². The molecule has 0 radical (unpaired) electrons. The predicted molar refractivity (Wildman–Crippen MR) is 97.0 cm³/mol. The molecule has 134 valence electrons. The van der Waals surface area contributed by atoms with Crippen molar-refractivity contribution in [1.29, 1.82) is 0 Å². The van der Waals surface area contributed by atoms with E-state index in [0.717, 1.165) is 18.4 Å². The summed E-state index contributed by atoms with van der Waals surface area (Å²) in [6, 6.07) is 10.7. The summed E-state index contributed by atoms with van der Waals surface area (Å²) in [4.78, 5) is 35.6. The minimum absolute atomic E-state index is 0.0795. The largest absolute Gasteiger partial charge is 0.349 e. The second-order valence-electron chi connectivity index (χ2n) is 6.15. The summed E-state index contributed by atoms with van der Waals surface area (Å²) in [6.45, 7) is 0. The summed E-state index contributed by atoms with van der Waals surface area (Å²) in [5.74, 6) is -0.933. The average Bonchev–Trinajstić information content (AvgIpc) is 3.35. The molecule has 1 saturated carbocycles. The first-order valence-electron chi connectivity index (χ1n) is 8.33. The lowest BCUT2D eigenvalue weighted by Gasteiger charge is -2.06. The second kappa shape index (κ2) is 7.69. The molecule has 3 N–H and O–H groups in total. The predicted octanol–water partition coefficient (Wildman–Crippen LogP) is 1.39. The van der Waals surface area contributed by atoms with Crippen LogP contribution < -0.4 is 16.2 Å². The lowest BCUT2D eigenvalue weighted by Crippen LogP contribution is -2.41. The molecule has 7 nitrogen and oxygen atoms in total. The van der Waals surface area contributed by atoms with Crippen LogP contribution in [-0.2, 0) is 11.8 Å². The summed E-state index contributed by atoms with van der Waals surface area (Å²) in [5, 5.41) is 2.92. The minimum atomic E-state index is -0.455. The van der Waals surface area contributed by atoms with Crippen LogP contribution >= 0.6 is 0 Å². The van der Waals surface area contributed by atoms with Crippen LogP contribution in [0, 0.1) is 0 Å². The molecule has 0 unspecified atom stereocenters. The second-order valence-corrected chi connectivity index (χ2v) is 6.15. The average molecular weight is 352 g/mol. The van der Waals surface area contributed by atoms with Crippen LogP contribution in [-0.4, -0.2) is 28.3 Å². The maximum atomic E-state index is 11.9. The Morgan fingerprint density at radius 1 is 1.04 bits per heavy atom. The number of hydrogen-bond donors (Lipinski definition) is 3. The van der Waals surface area contributed by atoms with Gasteiger partial charge in [0.25, 0.3) is 17.7 Å². The van der Waals surface area contributed by atoms with E-state index in [-0.39, 0.29) is 5.91 Å². The van der Waals surface area contributed by atoms with Crippen LogP contribution in [0.15, 0.2) is 48.7 Å². The van der Waals surface area contributed by atoms with Gasteiger partial charge in [-0.2, -0.15) is 0 Å². The number of hydrazine groups is 1. The molecule has 2 aromatic rings. The van der Waals surface area contributed by atoms with Gasteiger partial charge in [0, 0.05) is 30.9 Å². The van der Waals surface area contributed by atoms with E-state index in [9.17, 15) is 14.4 Å². The first-order valence-corrected chi connectivity index (χ1v) is 8.33. The number of amides is 3.